The van der Waals surface area contributed by atoms with E-state index in [2.05, 4.69) is 5.32 Å². The number of benzene rings is 3. The molecule has 3 rings (SSSR count). The standard InChI is InChI=1S/C24H25NO4S/c1-3-29-21-14-10-19(11-15-21)23(18-8-6-5-7-9-18)25-24(26)20-12-16-22(17-13-20)30(27,28)4-2/h5-17,23H,3-4H2,1-2H3,(H,25,26). The Morgan fingerprint density at radius 2 is 1.47 bits per heavy atom. The van der Waals surface area contributed by atoms with E-state index in [1.807, 2.05) is 61.5 Å². The van der Waals surface area contributed by atoms with Crippen molar-refractivity contribution >= 4 is 15.7 Å². The van der Waals surface area contributed by atoms with Crippen LogP contribution in [0, 0.1) is 0 Å². The van der Waals surface area contributed by atoms with Gasteiger partial charge >= 0.3 is 0 Å². The van der Waals surface area contributed by atoms with Crippen LogP contribution >= 0.6 is 0 Å². The summed E-state index contributed by atoms with van der Waals surface area (Å²) in [5.74, 6) is 0.511. The van der Waals surface area contributed by atoms with E-state index in [-0.39, 0.29) is 22.6 Å². The zero-order valence-electron chi connectivity index (χ0n) is 17.0. The molecular formula is C24H25NO4S. The second kappa shape index (κ2) is 9.59. The molecule has 3 aromatic carbocycles. The number of ether oxygens (including phenoxy) is 1. The van der Waals surface area contributed by atoms with Crippen molar-refractivity contribution in [2.24, 2.45) is 0 Å². The van der Waals surface area contributed by atoms with Gasteiger partial charge in [-0.15, -0.1) is 0 Å². The summed E-state index contributed by atoms with van der Waals surface area (Å²) in [6, 6.07) is 23.0. The highest BCUT2D eigenvalue weighted by atomic mass is 32.2. The molecule has 0 saturated carbocycles. The lowest BCUT2D eigenvalue weighted by atomic mass is 9.98. The molecule has 0 aliphatic heterocycles. The van der Waals surface area contributed by atoms with Gasteiger partial charge in [-0.25, -0.2) is 8.42 Å². The van der Waals surface area contributed by atoms with Crippen molar-refractivity contribution in [1.82, 2.24) is 5.32 Å². The number of sulfone groups is 1. The Kier molecular flexibility index (Phi) is 6.90. The van der Waals surface area contributed by atoms with E-state index in [1.54, 1.807) is 6.92 Å². The van der Waals surface area contributed by atoms with Crippen LogP contribution in [0.3, 0.4) is 0 Å². The van der Waals surface area contributed by atoms with Gasteiger partial charge in [-0.2, -0.15) is 0 Å². The third-order valence-corrected chi connectivity index (χ3v) is 6.54. The second-order valence-electron chi connectivity index (χ2n) is 6.75. The van der Waals surface area contributed by atoms with Gasteiger partial charge in [0.2, 0.25) is 0 Å². The van der Waals surface area contributed by atoms with Gasteiger partial charge in [-0.1, -0.05) is 49.4 Å². The third kappa shape index (κ3) is 5.07. The fraction of sp³-hybridized carbons (Fsp3) is 0.208. The summed E-state index contributed by atoms with van der Waals surface area (Å²) >= 11 is 0. The van der Waals surface area contributed by atoms with Crippen molar-refractivity contribution < 1.29 is 17.9 Å². The molecule has 0 heterocycles. The molecule has 5 nitrogen and oxygen atoms in total. The van der Waals surface area contributed by atoms with Crippen molar-refractivity contribution in [1.29, 1.82) is 0 Å². The number of hydrogen-bond donors (Lipinski definition) is 1. The molecule has 0 aliphatic carbocycles. The maximum Gasteiger partial charge on any atom is 0.252 e. The van der Waals surface area contributed by atoms with Crippen molar-refractivity contribution in [2.75, 3.05) is 12.4 Å². The first-order valence-corrected chi connectivity index (χ1v) is 11.5. The van der Waals surface area contributed by atoms with E-state index < -0.39 is 9.84 Å². The zero-order valence-corrected chi connectivity index (χ0v) is 17.9. The van der Waals surface area contributed by atoms with Gasteiger partial charge in [-0.05, 0) is 54.4 Å². The van der Waals surface area contributed by atoms with E-state index >= 15 is 0 Å². The fourth-order valence-corrected chi connectivity index (χ4v) is 4.01. The minimum absolute atomic E-state index is 0.0202. The Bertz CT molecular complexity index is 1080. The number of hydrogen-bond acceptors (Lipinski definition) is 4. The van der Waals surface area contributed by atoms with Crippen LogP contribution in [0.25, 0.3) is 0 Å². The maximum atomic E-state index is 12.9. The molecule has 0 aromatic heterocycles. The van der Waals surface area contributed by atoms with E-state index in [4.69, 9.17) is 4.74 Å². The second-order valence-corrected chi connectivity index (χ2v) is 9.03. The predicted octanol–water partition coefficient (Wildman–Crippen LogP) is 4.40. The van der Waals surface area contributed by atoms with Gasteiger partial charge < -0.3 is 10.1 Å². The van der Waals surface area contributed by atoms with Gasteiger partial charge in [0, 0.05) is 5.56 Å². The minimum atomic E-state index is -3.30. The molecule has 0 radical (unpaired) electrons. The number of amides is 1. The van der Waals surface area contributed by atoms with Gasteiger partial charge in [0.25, 0.3) is 5.91 Å². The van der Waals surface area contributed by atoms with Crippen molar-refractivity contribution in [3.8, 4) is 5.75 Å². The Balaban J connectivity index is 1.87. The lowest BCUT2D eigenvalue weighted by molar-refractivity contribution is 0.0943. The van der Waals surface area contributed by atoms with E-state index in [0.29, 0.717) is 12.2 Å². The molecule has 0 saturated heterocycles. The molecule has 6 heteroatoms. The summed E-state index contributed by atoms with van der Waals surface area (Å²) in [4.78, 5) is 13.1. The van der Waals surface area contributed by atoms with Crippen LogP contribution in [-0.4, -0.2) is 26.7 Å². The molecular weight excluding hydrogens is 398 g/mol. The van der Waals surface area contributed by atoms with Crippen molar-refractivity contribution in [2.45, 2.75) is 24.8 Å². The lowest BCUT2D eigenvalue weighted by Gasteiger charge is -2.20. The number of nitrogens with one attached hydrogen (secondary N) is 1. The molecule has 0 bridgehead atoms. The first-order chi connectivity index (χ1) is 14.4. The Morgan fingerprint density at radius 3 is 2.03 bits per heavy atom. The fourth-order valence-electron chi connectivity index (χ4n) is 3.12. The first kappa shape index (κ1) is 21.6. The smallest absolute Gasteiger partial charge is 0.252 e. The van der Waals surface area contributed by atoms with E-state index in [1.165, 1.54) is 24.3 Å². The third-order valence-electron chi connectivity index (χ3n) is 4.79. The molecule has 1 amide bonds. The number of rotatable bonds is 8. The molecule has 1 N–H and O–H groups in total. The summed E-state index contributed by atoms with van der Waals surface area (Å²) in [6.07, 6.45) is 0. The average molecular weight is 424 g/mol. The van der Waals surface area contributed by atoms with Crippen LogP contribution in [0.1, 0.15) is 41.4 Å². The van der Waals surface area contributed by atoms with E-state index in [0.717, 1.165) is 16.9 Å². The highest BCUT2D eigenvalue weighted by Crippen LogP contribution is 2.25. The molecule has 1 unspecified atom stereocenters. The summed E-state index contributed by atoms with van der Waals surface area (Å²) in [6.45, 7) is 4.11. The van der Waals surface area contributed by atoms with Crippen LogP contribution in [0.15, 0.2) is 83.8 Å². The SMILES string of the molecule is CCOc1ccc(C(NC(=O)c2ccc(S(=O)(=O)CC)cc2)c2ccccc2)cc1. The first-order valence-electron chi connectivity index (χ1n) is 9.86. The molecule has 3 aromatic rings. The molecule has 0 fully saturated rings. The van der Waals surface area contributed by atoms with Gasteiger partial charge in [0.15, 0.2) is 9.84 Å². The maximum absolute atomic E-state index is 12.9. The van der Waals surface area contributed by atoms with E-state index in [9.17, 15) is 13.2 Å². The summed E-state index contributed by atoms with van der Waals surface area (Å²) in [5, 5.41) is 3.06. The summed E-state index contributed by atoms with van der Waals surface area (Å²) in [7, 11) is -3.30. The summed E-state index contributed by atoms with van der Waals surface area (Å²) < 4.78 is 29.5. The van der Waals surface area contributed by atoms with Gasteiger partial charge in [0.05, 0.1) is 23.3 Å². The highest BCUT2D eigenvalue weighted by Gasteiger charge is 2.19. The topological polar surface area (TPSA) is 72.5 Å². The number of carbonyl (C=O) groups excluding carboxylic acids is 1. The molecule has 0 spiro atoms. The van der Waals surface area contributed by atoms with Crippen LogP contribution in [0.4, 0.5) is 0 Å². The zero-order chi connectivity index (χ0) is 21.6. The van der Waals surface area contributed by atoms with Crippen molar-refractivity contribution in [3.63, 3.8) is 0 Å². The predicted molar refractivity (Wildman–Crippen MR) is 118 cm³/mol. The van der Waals surface area contributed by atoms with Crippen LogP contribution in [-0.2, 0) is 9.84 Å². The molecule has 1 atom stereocenters. The minimum Gasteiger partial charge on any atom is -0.494 e. The normalized spacial score (nSPS) is 12.2. The van der Waals surface area contributed by atoms with Gasteiger partial charge in [-0.3, -0.25) is 4.79 Å². The Labute approximate surface area is 177 Å². The summed E-state index contributed by atoms with van der Waals surface area (Å²) in [5.41, 5.74) is 2.26. The quantitative estimate of drug-likeness (QED) is 0.583. The molecule has 30 heavy (non-hydrogen) atoms. The number of carbonyl (C=O) groups is 1. The van der Waals surface area contributed by atoms with Crippen LogP contribution in [0.2, 0.25) is 0 Å². The monoisotopic (exact) mass is 423 g/mol. The van der Waals surface area contributed by atoms with Crippen LogP contribution < -0.4 is 10.1 Å². The van der Waals surface area contributed by atoms with Crippen molar-refractivity contribution in [3.05, 3.63) is 95.6 Å². The average Bonchev–Trinajstić information content (AvgIpc) is 2.79. The van der Waals surface area contributed by atoms with Gasteiger partial charge in [0.1, 0.15) is 5.75 Å². The highest BCUT2D eigenvalue weighted by molar-refractivity contribution is 7.91. The molecule has 156 valence electrons. The molecule has 0 aliphatic rings. The van der Waals surface area contributed by atoms with Crippen LogP contribution in [0.5, 0.6) is 5.75 Å². The largest absolute Gasteiger partial charge is 0.494 e. The Hall–Kier alpha value is -3.12. The lowest BCUT2D eigenvalue weighted by Crippen LogP contribution is -2.29. The Morgan fingerprint density at radius 1 is 0.867 bits per heavy atom.